The van der Waals surface area contributed by atoms with E-state index in [1.54, 1.807) is 6.07 Å². The molecule has 1 aromatic carbocycles. The van der Waals surface area contributed by atoms with E-state index in [2.05, 4.69) is 36.7 Å². The molecule has 2 N–H and O–H groups in total. The van der Waals surface area contributed by atoms with Crippen LogP contribution >= 0.6 is 15.9 Å². The van der Waals surface area contributed by atoms with Crippen molar-refractivity contribution in [1.82, 2.24) is 4.90 Å². The minimum absolute atomic E-state index is 0.0520. The first-order valence-corrected chi connectivity index (χ1v) is 7.92. The molecule has 110 valence electrons. The zero-order valence-electron chi connectivity index (χ0n) is 12.4. The van der Waals surface area contributed by atoms with E-state index in [9.17, 15) is 4.79 Å². The summed E-state index contributed by atoms with van der Waals surface area (Å²) in [6, 6.07) is 5.45. The number of halogens is 1. The molecule has 1 aromatic rings. The van der Waals surface area contributed by atoms with Crippen LogP contribution in [0.1, 0.15) is 44.0 Å². The van der Waals surface area contributed by atoms with Crippen LogP contribution in [0.2, 0.25) is 0 Å². The lowest BCUT2D eigenvalue weighted by Gasteiger charge is -2.38. The van der Waals surface area contributed by atoms with Crippen LogP contribution in [0.4, 0.5) is 5.69 Å². The predicted octanol–water partition coefficient (Wildman–Crippen LogP) is 3.93. The predicted molar refractivity (Wildman–Crippen MR) is 86.6 cm³/mol. The minimum Gasteiger partial charge on any atom is -0.398 e. The molecule has 2 rings (SSSR count). The smallest absolute Gasteiger partial charge is 0.255 e. The first-order valence-electron chi connectivity index (χ1n) is 7.13. The quantitative estimate of drug-likeness (QED) is 0.788. The summed E-state index contributed by atoms with van der Waals surface area (Å²) in [5.74, 6) is 0.738. The highest BCUT2D eigenvalue weighted by molar-refractivity contribution is 9.10. The fourth-order valence-electron chi connectivity index (χ4n) is 2.83. The highest BCUT2D eigenvalue weighted by Crippen LogP contribution is 2.34. The monoisotopic (exact) mass is 338 g/mol. The van der Waals surface area contributed by atoms with Crippen molar-refractivity contribution >= 4 is 27.5 Å². The molecule has 1 aliphatic heterocycles. The third-order valence-electron chi connectivity index (χ3n) is 4.25. The van der Waals surface area contributed by atoms with Gasteiger partial charge in [0, 0.05) is 23.2 Å². The number of benzene rings is 1. The lowest BCUT2D eigenvalue weighted by Crippen LogP contribution is -2.41. The Balaban J connectivity index is 2.07. The zero-order chi connectivity index (χ0) is 14.9. The maximum Gasteiger partial charge on any atom is 0.255 e. The Morgan fingerprint density at radius 2 is 1.90 bits per heavy atom. The SMILES string of the molecule is CC(C)(C)C1CCN(C(=O)c2cc(Br)ccc2N)CC1. The van der Waals surface area contributed by atoms with Gasteiger partial charge in [-0.15, -0.1) is 0 Å². The molecular formula is C16H23BrN2O. The second-order valence-corrected chi connectivity index (χ2v) is 7.58. The van der Waals surface area contributed by atoms with E-state index in [0.29, 0.717) is 22.6 Å². The fraction of sp³-hybridized carbons (Fsp3) is 0.562. The summed E-state index contributed by atoms with van der Waals surface area (Å²) in [7, 11) is 0. The number of hydrogen-bond acceptors (Lipinski definition) is 2. The molecule has 1 heterocycles. The molecule has 4 heteroatoms. The highest BCUT2D eigenvalue weighted by Gasteiger charge is 2.31. The summed E-state index contributed by atoms with van der Waals surface area (Å²) >= 11 is 3.40. The van der Waals surface area contributed by atoms with E-state index in [4.69, 9.17) is 5.73 Å². The number of nitrogen functional groups attached to an aromatic ring is 1. The van der Waals surface area contributed by atoms with E-state index in [1.165, 1.54) is 0 Å². The summed E-state index contributed by atoms with van der Waals surface area (Å²) in [5, 5.41) is 0. The van der Waals surface area contributed by atoms with Crippen LogP contribution in [0.5, 0.6) is 0 Å². The molecule has 0 aliphatic carbocycles. The first-order chi connectivity index (χ1) is 9.29. The van der Waals surface area contributed by atoms with Crippen LogP contribution in [0.3, 0.4) is 0 Å². The molecule has 0 saturated carbocycles. The summed E-state index contributed by atoms with van der Waals surface area (Å²) in [5.41, 5.74) is 7.41. The molecule has 1 amide bonds. The average molecular weight is 339 g/mol. The van der Waals surface area contributed by atoms with Crippen molar-refractivity contribution in [2.45, 2.75) is 33.6 Å². The number of amides is 1. The van der Waals surface area contributed by atoms with Gasteiger partial charge in [-0.1, -0.05) is 36.7 Å². The Kier molecular flexibility index (Phi) is 4.43. The minimum atomic E-state index is 0.0520. The van der Waals surface area contributed by atoms with E-state index >= 15 is 0 Å². The Labute approximate surface area is 129 Å². The van der Waals surface area contributed by atoms with Crippen molar-refractivity contribution in [3.63, 3.8) is 0 Å². The first kappa shape index (κ1) is 15.4. The highest BCUT2D eigenvalue weighted by atomic mass is 79.9. The molecule has 0 spiro atoms. The number of rotatable bonds is 1. The number of carbonyl (C=O) groups excluding carboxylic acids is 1. The van der Waals surface area contributed by atoms with E-state index in [0.717, 1.165) is 30.4 Å². The number of nitrogens with two attached hydrogens (primary N) is 1. The van der Waals surface area contributed by atoms with Gasteiger partial charge in [0.2, 0.25) is 0 Å². The second kappa shape index (κ2) is 5.76. The molecule has 20 heavy (non-hydrogen) atoms. The van der Waals surface area contributed by atoms with Gasteiger partial charge in [0.05, 0.1) is 5.56 Å². The van der Waals surface area contributed by atoms with Gasteiger partial charge in [-0.05, 0) is 42.4 Å². The summed E-state index contributed by atoms with van der Waals surface area (Å²) in [4.78, 5) is 14.5. The molecule has 3 nitrogen and oxygen atoms in total. The molecule has 1 saturated heterocycles. The van der Waals surface area contributed by atoms with Crippen LogP contribution < -0.4 is 5.73 Å². The van der Waals surface area contributed by atoms with Crippen LogP contribution in [-0.2, 0) is 0 Å². The van der Waals surface area contributed by atoms with Crippen LogP contribution in [-0.4, -0.2) is 23.9 Å². The van der Waals surface area contributed by atoms with Crippen LogP contribution in [0.25, 0.3) is 0 Å². The Morgan fingerprint density at radius 3 is 2.45 bits per heavy atom. The topological polar surface area (TPSA) is 46.3 Å². The summed E-state index contributed by atoms with van der Waals surface area (Å²) < 4.78 is 0.889. The van der Waals surface area contributed by atoms with Gasteiger partial charge >= 0.3 is 0 Å². The molecule has 1 fully saturated rings. The fourth-order valence-corrected chi connectivity index (χ4v) is 3.19. The average Bonchev–Trinajstić information content (AvgIpc) is 2.40. The van der Waals surface area contributed by atoms with Crippen LogP contribution in [0, 0.1) is 11.3 Å². The molecule has 0 unspecified atom stereocenters. The Bertz CT molecular complexity index is 500. The number of nitrogens with zero attached hydrogens (tertiary/aromatic N) is 1. The second-order valence-electron chi connectivity index (χ2n) is 6.66. The van der Waals surface area contributed by atoms with Crippen LogP contribution in [0.15, 0.2) is 22.7 Å². The van der Waals surface area contributed by atoms with Gasteiger partial charge < -0.3 is 10.6 Å². The van der Waals surface area contributed by atoms with Gasteiger partial charge in [-0.2, -0.15) is 0 Å². The Morgan fingerprint density at radius 1 is 1.30 bits per heavy atom. The summed E-state index contributed by atoms with van der Waals surface area (Å²) in [6.45, 7) is 8.49. The van der Waals surface area contributed by atoms with E-state index < -0.39 is 0 Å². The number of piperidine rings is 1. The molecule has 0 radical (unpaired) electrons. The lowest BCUT2D eigenvalue weighted by atomic mass is 9.75. The number of anilines is 1. The molecule has 0 atom stereocenters. The number of hydrogen-bond donors (Lipinski definition) is 1. The molecule has 0 bridgehead atoms. The number of carbonyl (C=O) groups is 1. The standard InChI is InChI=1S/C16H23BrN2O/c1-16(2,3)11-6-8-19(9-7-11)15(20)13-10-12(17)4-5-14(13)18/h4-5,10-11H,6-9,18H2,1-3H3. The maximum atomic E-state index is 12.6. The van der Waals surface area contributed by atoms with Crippen molar-refractivity contribution < 1.29 is 4.79 Å². The molecular weight excluding hydrogens is 316 g/mol. The van der Waals surface area contributed by atoms with E-state index in [1.807, 2.05) is 17.0 Å². The maximum absolute atomic E-state index is 12.6. The normalized spacial score (nSPS) is 17.3. The third-order valence-corrected chi connectivity index (χ3v) is 4.75. The van der Waals surface area contributed by atoms with Crippen molar-refractivity contribution in [2.75, 3.05) is 18.8 Å². The van der Waals surface area contributed by atoms with E-state index in [-0.39, 0.29) is 5.91 Å². The molecule has 1 aliphatic rings. The van der Waals surface area contributed by atoms with Gasteiger partial charge in [0.25, 0.3) is 5.91 Å². The largest absolute Gasteiger partial charge is 0.398 e. The summed E-state index contributed by atoms with van der Waals surface area (Å²) in [6.07, 6.45) is 2.15. The van der Waals surface area contributed by atoms with Crippen molar-refractivity contribution in [3.8, 4) is 0 Å². The van der Waals surface area contributed by atoms with Gasteiger partial charge in [-0.3, -0.25) is 4.79 Å². The lowest BCUT2D eigenvalue weighted by molar-refractivity contribution is 0.0609. The van der Waals surface area contributed by atoms with Crippen molar-refractivity contribution in [1.29, 1.82) is 0 Å². The zero-order valence-corrected chi connectivity index (χ0v) is 14.0. The van der Waals surface area contributed by atoms with Crippen molar-refractivity contribution in [3.05, 3.63) is 28.2 Å². The van der Waals surface area contributed by atoms with Crippen molar-refractivity contribution in [2.24, 2.45) is 11.3 Å². The van der Waals surface area contributed by atoms with Gasteiger partial charge in [0.1, 0.15) is 0 Å². The van der Waals surface area contributed by atoms with Gasteiger partial charge in [-0.25, -0.2) is 0 Å². The third kappa shape index (κ3) is 3.35. The Hall–Kier alpha value is -1.03. The number of likely N-dealkylation sites (tertiary alicyclic amines) is 1. The van der Waals surface area contributed by atoms with Gasteiger partial charge in [0.15, 0.2) is 0 Å². The molecule has 0 aromatic heterocycles.